The van der Waals surface area contributed by atoms with Crippen LogP contribution in [0.5, 0.6) is 0 Å². The Balaban J connectivity index is 0.00000169. The third-order valence-corrected chi connectivity index (χ3v) is 1.38. The van der Waals surface area contributed by atoms with E-state index in [0.717, 1.165) is 0 Å². The number of carbonyl (C=O) groups excluding carboxylic acids is 1. The predicted molar refractivity (Wildman–Crippen MR) is 43.7 cm³/mol. The highest BCUT2D eigenvalue weighted by atomic mass is 35.5. The van der Waals surface area contributed by atoms with Gasteiger partial charge in [-0.05, 0) is 6.98 Å². The summed E-state index contributed by atoms with van der Waals surface area (Å²) in [6, 6.07) is 0. The number of halogens is 1. The first-order valence-corrected chi connectivity index (χ1v) is 3.07. The second kappa shape index (κ2) is 4.54. The molecule has 0 bridgehead atoms. The van der Waals surface area contributed by atoms with Gasteiger partial charge in [0.25, 0.3) is 0 Å². The molecule has 0 aromatic carbocycles. The molecule has 0 aliphatic carbocycles. The standard InChI is InChI=1S/C6H12N2O2.ClH/c1-8-2-3-10-5(4-8)6(7)9;/h5H,2-4H2,1H3,(H2,7,9);1H/i1D3;. The monoisotopic (exact) mass is 183 g/mol. The van der Waals surface area contributed by atoms with Gasteiger partial charge in [0, 0.05) is 17.2 Å². The van der Waals surface area contributed by atoms with Crippen molar-refractivity contribution >= 4 is 18.3 Å². The summed E-state index contributed by atoms with van der Waals surface area (Å²) in [7, 11) is 0. The van der Waals surface area contributed by atoms with E-state index in [2.05, 4.69) is 0 Å². The second-order valence-corrected chi connectivity index (χ2v) is 2.21. The van der Waals surface area contributed by atoms with Gasteiger partial charge in [-0.3, -0.25) is 4.79 Å². The van der Waals surface area contributed by atoms with Crippen molar-refractivity contribution in [3.8, 4) is 0 Å². The minimum atomic E-state index is -2.17. The first-order chi connectivity index (χ1) is 5.91. The van der Waals surface area contributed by atoms with Crippen molar-refractivity contribution in [2.45, 2.75) is 6.10 Å². The molecule has 0 aromatic rings. The normalized spacial score (nSPS) is 30.9. The molecule has 11 heavy (non-hydrogen) atoms. The van der Waals surface area contributed by atoms with Crippen molar-refractivity contribution < 1.29 is 13.6 Å². The van der Waals surface area contributed by atoms with Crippen LogP contribution in [-0.4, -0.2) is 43.6 Å². The summed E-state index contributed by atoms with van der Waals surface area (Å²) in [5.74, 6) is -0.617. The van der Waals surface area contributed by atoms with Gasteiger partial charge < -0.3 is 15.4 Å². The fourth-order valence-corrected chi connectivity index (χ4v) is 0.821. The van der Waals surface area contributed by atoms with Gasteiger partial charge in [-0.2, -0.15) is 0 Å². The Kier molecular flexibility index (Phi) is 2.57. The zero-order chi connectivity index (χ0) is 10.1. The number of likely N-dealkylation sites (N-methyl/N-ethyl adjacent to an activating group) is 1. The van der Waals surface area contributed by atoms with Crippen molar-refractivity contribution in [3.05, 3.63) is 0 Å². The lowest BCUT2D eigenvalue weighted by Crippen LogP contribution is -2.46. The molecule has 1 heterocycles. The van der Waals surface area contributed by atoms with Crippen LogP contribution in [-0.2, 0) is 9.53 Å². The number of rotatable bonds is 1. The Labute approximate surface area is 76.3 Å². The molecule has 1 unspecified atom stereocenters. The zero-order valence-corrected chi connectivity index (χ0v) is 6.76. The molecule has 1 aliphatic heterocycles. The van der Waals surface area contributed by atoms with Gasteiger partial charge >= 0.3 is 0 Å². The molecule has 1 aliphatic rings. The molecule has 1 saturated heterocycles. The van der Waals surface area contributed by atoms with Crippen molar-refractivity contribution in [1.82, 2.24) is 4.90 Å². The molecule has 4 nitrogen and oxygen atoms in total. The molecule has 1 amide bonds. The lowest BCUT2D eigenvalue weighted by atomic mass is 10.3. The first-order valence-electron chi connectivity index (χ1n) is 4.57. The molecule has 0 saturated carbocycles. The highest BCUT2D eigenvalue weighted by molar-refractivity contribution is 5.85. The van der Waals surface area contributed by atoms with E-state index >= 15 is 0 Å². The Morgan fingerprint density at radius 1 is 1.91 bits per heavy atom. The minimum Gasteiger partial charge on any atom is -0.367 e. The quantitative estimate of drug-likeness (QED) is 0.581. The Morgan fingerprint density at radius 2 is 2.64 bits per heavy atom. The van der Waals surface area contributed by atoms with Gasteiger partial charge in [0.2, 0.25) is 5.91 Å². The molecular weight excluding hydrogens is 168 g/mol. The van der Waals surface area contributed by atoms with Crippen LogP contribution in [0.25, 0.3) is 0 Å². The molecule has 66 valence electrons. The van der Waals surface area contributed by atoms with Gasteiger partial charge in [0.15, 0.2) is 0 Å². The number of hydrogen-bond acceptors (Lipinski definition) is 3. The topological polar surface area (TPSA) is 55.6 Å². The fourth-order valence-electron chi connectivity index (χ4n) is 0.821. The molecule has 0 radical (unpaired) electrons. The molecule has 0 spiro atoms. The van der Waals surface area contributed by atoms with Crippen LogP contribution < -0.4 is 5.73 Å². The fraction of sp³-hybridized carbons (Fsp3) is 0.833. The van der Waals surface area contributed by atoms with Crippen LogP contribution in [0, 0.1) is 0 Å². The number of hydrogen-bond donors (Lipinski definition) is 1. The van der Waals surface area contributed by atoms with Crippen LogP contribution in [0.15, 0.2) is 0 Å². The second-order valence-electron chi connectivity index (χ2n) is 2.21. The number of amides is 1. The predicted octanol–water partition coefficient (Wildman–Crippen LogP) is -0.776. The van der Waals surface area contributed by atoms with E-state index in [4.69, 9.17) is 14.6 Å². The largest absolute Gasteiger partial charge is 0.367 e. The van der Waals surface area contributed by atoms with Crippen molar-refractivity contribution in [2.24, 2.45) is 5.73 Å². The third kappa shape index (κ3) is 3.05. The highest BCUT2D eigenvalue weighted by Crippen LogP contribution is 2.00. The van der Waals surface area contributed by atoms with E-state index in [9.17, 15) is 4.79 Å². The molecule has 0 aromatic heterocycles. The smallest absolute Gasteiger partial charge is 0.247 e. The van der Waals surface area contributed by atoms with Gasteiger partial charge in [-0.15, -0.1) is 12.4 Å². The maximum absolute atomic E-state index is 10.7. The van der Waals surface area contributed by atoms with E-state index in [-0.39, 0.29) is 25.6 Å². The number of nitrogens with zero attached hydrogens (tertiary/aromatic N) is 1. The summed E-state index contributed by atoms with van der Waals surface area (Å²) in [6.07, 6.45) is -0.797. The maximum Gasteiger partial charge on any atom is 0.247 e. The van der Waals surface area contributed by atoms with Gasteiger partial charge in [0.1, 0.15) is 6.10 Å². The Morgan fingerprint density at radius 3 is 3.18 bits per heavy atom. The highest BCUT2D eigenvalue weighted by Gasteiger charge is 2.21. The van der Waals surface area contributed by atoms with Crippen molar-refractivity contribution in [1.29, 1.82) is 0 Å². The van der Waals surface area contributed by atoms with Crippen LogP contribution in [0.4, 0.5) is 0 Å². The molecular formula is C6H13ClN2O2. The van der Waals surface area contributed by atoms with Crippen LogP contribution in [0.2, 0.25) is 0 Å². The summed E-state index contributed by atoms with van der Waals surface area (Å²) < 4.78 is 26.3. The Hall–Kier alpha value is -0.320. The first kappa shape index (κ1) is 6.22. The van der Waals surface area contributed by atoms with Crippen LogP contribution >= 0.6 is 12.4 Å². The summed E-state index contributed by atoms with van der Waals surface area (Å²) in [5, 5.41) is 0. The summed E-state index contributed by atoms with van der Waals surface area (Å²) in [6.45, 7) is -1.59. The molecule has 1 rings (SSSR count). The van der Waals surface area contributed by atoms with E-state index in [1.54, 1.807) is 0 Å². The SMILES string of the molecule is Cl.[2H]C([2H])([2H])N1CCOC(C(N)=O)C1. The number of primary amides is 1. The number of ether oxygens (including phenoxy) is 1. The number of nitrogens with two attached hydrogens (primary N) is 1. The molecule has 5 heteroatoms. The van der Waals surface area contributed by atoms with E-state index in [1.807, 2.05) is 0 Å². The van der Waals surface area contributed by atoms with E-state index in [1.165, 1.54) is 4.90 Å². The van der Waals surface area contributed by atoms with Crippen molar-refractivity contribution in [2.75, 3.05) is 26.7 Å². The average Bonchev–Trinajstić information content (AvgIpc) is 2.03. The van der Waals surface area contributed by atoms with Gasteiger partial charge in [-0.1, -0.05) is 0 Å². The van der Waals surface area contributed by atoms with Gasteiger partial charge in [-0.25, -0.2) is 0 Å². The summed E-state index contributed by atoms with van der Waals surface area (Å²) in [4.78, 5) is 11.9. The van der Waals surface area contributed by atoms with Gasteiger partial charge in [0.05, 0.1) is 6.61 Å². The number of morpholine rings is 1. The average molecular weight is 184 g/mol. The summed E-state index contributed by atoms with van der Waals surface area (Å²) >= 11 is 0. The molecule has 2 N–H and O–H groups in total. The van der Waals surface area contributed by atoms with Crippen molar-refractivity contribution in [3.63, 3.8) is 0 Å². The van der Waals surface area contributed by atoms with Crippen LogP contribution in [0.3, 0.4) is 0 Å². The lowest BCUT2D eigenvalue weighted by molar-refractivity contribution is -0.134. The summed E-state index contributed by atoms with van der Waals surface area (Å²) in [5.41, 5.74) is 5.00. The number of carbonyl (C=O) groups is 1. The van der Waals surface area contributed by atoms with Crippen LogP contribution in [0.1, 0.15) is 4.11 Å². The molecule has 1 fully saturated rings. The lowest BCUT2D eigenvalue weighted by Gasteiger charge is -2.27. The minimum absolute atomic E-state index is 0. The maximum atomic E-state index is 10.7. The zero-order valence-electron chi connectivity index (χ0n) is 8.95. The Bertz CT molecular complexity index is 212. The molecule has 1 atom stereocenters. The third-order valence-electron chi connectivity index (χ3n) is 1.38. The van der Waals surface area contributed by atoms with E-state index < -0.39 is 19.0 Å². The van der Waals surface area contributed by atoms with E-state index in [0.29, 0.717) is 6.54 Å².